The number of carboxylic acids is 1. The number of carboxylic acid groups (broad SMARTS) is 1. The summed E-state index contributed by atoms with van der Waals surface area (Å²) in [4.78, 5) is 74.9. The van der Waals surface area contributed by atoms with E-state index in [9.17, 15) is 28.8 Å². The maximum Gasteiger partial charge on any atom is 0.322 e. The number of rotatable bonds is 14. The Balaban J connectivity index is 3.03. The summed E-state index contributed by atoms with van der Waals surface area (Å²) in [6.07, 6.45) is 0.958. The number of nitrogens with zero attached hydrogens (tertiary/aromatic N) is 1. The molecule has 0 bridgehead atoms. The van der Waals surface area contributed by atoms with Gasteiger partial charge in [-0.2, -0.15) is 0 Å². The van der Waals surface area contributed by atoms with Crippen LogP contribution in [0, 0.1) is 11.8 Å². The molecule has 0 saturated carbocycles. The third-order valence-electron chi connectivity index (χ3n) is 5.86. The van der Waals surface area contributed by atoms with E-state index in [1.807, 2.05) is 13.8 Å². The van der Waals surface area contributed by atoms with Crippen molar-refractivity contribution in [3.8, 4) is 0 Å². The summed E-state index contributed by atoms with van der Waals surface area (Å²) in [7, 11) is 0. The highest BCUT2D eigenvalue weighted by molar-refractivity contribution is 5.95. The van der Waals surface area contributed by atoms with Gasteiger partial charge in [-0.15, -0.1) is 0 Å². The lowest BCUT2D eigenvalue weighted by Gasteiger charge is -2.30. The molecule has 0 aromatic heterocycles. The number of amides is 5. The average Bonchev–Trinajstić information content (AvgIpc) is 3.26. The summed E-state index contributed by atoms with van der Waals surface area (Å²) in [5, 5.41) is 16.3. The first-order chi connectivity index (χ1) is 16.7. The molecule has 1 saturated heterocycles. The fourth-order valence-electron chi connectivity index (χ4n) is 4.00. The Hall–Kier alpha value is -3.22. The summed E-state index contributed by atoms with van der Waals surface area (Å²) in [6.45, 7) is 6.92. The normalized spacial score (nSPS) is 17.9. The lowest BCUT2D eigenvalue weighted by Crippen LogP contribution is -2.59. The van der Waals surface area contributed by atoms with E-state index in [2.05, 4.69) is 16.0 Å². The maximum absolute atomic E-state index is 13.3. The molecule has 4 atom stereocenters. The van der Waals surface area contributed by atoms with E-state index in [4.69, 9.17) is 16.6 Å². The highest BCUT2D eigenvalue weighted by atomic mass is 16.4. The Morgan fingerprint density at radius 2 is 1.67 bits per heavy atom. The lowest BCUT2D eigenvalue weighted by molar-refractivity contribution is -0.143. The third kappa shape index (κ3) is 9.80. The SMILES string of the molecule is CC(C)C[C@H](N)C(=O)N[C@H](C(=O)N[C@@H](CCC(N)=O)C(=O)N1CCC[C@H]1C(=O)NCC(=O)O)C(C)C. The van der Waals surface area contributed by atoms with Crippen LogP contribution in [0.5, 0.6) is 0 Å². The summed E-state index contributed by atoms with van der Waals surface area (Å²) in [5.74, 6) is -4.40. The van der Waals surface area contributed by atoms with Crippen molar-refractivity contribution in [1.82, 2.24) is 20.9 Å². The molecule has 5 amide bonds. The van der Waals surface area contributed by atoms with Crippen LogP contribution in [0.25, 0.3) is 0 Å². The topological polar surface area (TPSA) is 214 Å². The van der Waals surface area contributed by atoms with Crippen LogP contribution in [0.4, 0.5) is 0 Å². The number of likely N-dealkylation sites (tertiary alicyclic amines) is 1. The Kier molecular flexibility index (Phi) is 12.3. The van der Waals surface area contributed by atoms with E-state index < -0.39 is 66.2 Å². The summed E-state index contributed by atoms with van der Waals surface area (Å²) >= 11 is 0. The van der Waals surface area contributed by atoms with Crippen molar-refractivity contribution in [2.24, 2.45) is 23.3 Å². The molecule has 13 heteroatoms. The summed E-state index contributed by atoms with van der Waals surface area (Å²) in [6, 6.07) is -3.88. The van der Waals surface area contributed by atoms with Gasteiger partial charge in [-0.1, -0.05) is 27.7 Å². The molecule has 36 heavy (non-hydrogen) atoms. The Labute approximate surface area is 211 Å². The van der Waals surface area contributed by atoms with Crippen molar-refractivity contribution < 1.29 is 33.9 Å². The quantitative estimate of drug-likeness (QED) is 0.160. The highest BCUT2D eigenvalue weighted by Crippen LogP contribution is 2.20. The first-order valence-corrected chi connectivity index (χ1v) is 12.2. The first kappa shape index (κ1) is 30.8. The summed E-state index contributed by atoms with van der Waals surface area (Å²) in [5.41, 5.74) is 11.2. The molecule has 13 nitrogen and oxygen atoms in total. The second kappa shape index (κ2) is 14.4. The van der Waals surface area contributed by atoms with Gasteiger partial charge >= 0.3 is 5.97 Å². The molecule has 204 valence electrons. The number of nitrogens with two attached hydrogens (primary N) is 2. The van der Waals surface area contributed by atoms with Gasteiger partial charge in [-0.25, -0.2) is 0 Å². The zero-order valence-corrected chi connectivity index (χ0v) is 21.4. The van der Waals surface area contributed by atoms with E-state index >= 15 is 0 Å². The van der Waals surface area contributed by atoms with Crippen molar-refractivity contribution in [3.63, 3.8) is 0 Å². The van der Waals surface area contributed by atoms with Gasteiger partial charge in [-0.3, -0.25) is 28.8 Å². The smallest absolute Gasteiger partial charge is 0.322 e. The second-order valence-electron chi connectivity index (χ2n) is 9.83. The van der Waals surface area contributed by atoms with Crippen LogP contribution in [0.3, 0.4) is 0 Å². The van der Waals surface area contributed by atoms with Crippen LogP contribution in [0.15, 0.2) is 0 Å². The number of nitrogens with one attached hydrogen (secondary N) is 3. The van der Waals surface area contributed by atoms with Crippen LogP contribution in [-0.4, -0.2) is 82.8 Å². The van der Waals surface area contributed by atoms with Gasteiger partial charge in [0.1, 0.15) is 24.7 Å². The van der Waals surface area contributed by atoms with E-state index in [-0.39, 0.29) is 31.2 Å². The van der Waals surface area contributed by atoms with Crippen LogP contribution in [-0.2, 0) is 28.8 Å². The highest BCUT2D eigenvalue weighted by Gasteiger charge is 2.38. The molecule has 1 fully saturated rings. The van der Waals surface area contributed by atoms with Crippen LogP contribution < -0.4 is 27.4 Å². The fraction of sp³-hybridized carbons (Fsp3) is 0.739. The van der Waals surface area contributed by atoms with Crippen LogP contribution in [0.1, 0.15) is 59.8 Å². The van der Waals surface area contributed by atoms with Crippen LogP contribution >= 0.6 is 0 Å². The molecular formula is C23H40N6O7. The second-order valence-corrected chi connectivity index (χ2v) is 9.83. The van der Waals surface area contributed by atoms with Gasteiger partial charge in [0.15, 0.2) is 0 Å². The van der Waals surface area contributed by atoms with Crippen molar-refractivity contribution in [1.29, 1.82) is 0 Å². The number of hydrogen-bond acceptors (Lipinski definition) is 7. The largest absolute Gasteiger partial charge is 0.480 e. The Bertz CT molecular complexity index is 832. The number of carbonyl (C=O) groups is 6. The van der Waals surface area contributed by atoms with Gasteiger partial charge in [0.2, 0.25) is 29.5 Å². The monoisotopic (exact) mass is 512 g/mol. The summed E-state index contributed by atoms with van der Waals surface area (Å²) < 4.78 is 0. The van der Waals surface area contributed by atoms with E-state index in [1.165, 1.54) is 4.90 Å². The van der Waals surface area contributed by atoms with Gasteiger partial charge in [-0.05, 0) is 37.5 Å². The molecule has 1 rings (SSSR count). The van der Waals surface area contributed by atoms with E-state index in [1.54, 1.807) is 13.8 Å². The molecule has 0 spiro atoms. The van der Waals surface area contributed by atoms with E-state index in [0.29, 0.717) is 19.3 Å². The van der Waals surface area contributed by atoms with Crippen molar-refractivity contribution in [3.05, 3.63) is 0 Å². The number of hydrogen-bond donors (Lipinski definition) is 6. The molecule has 0 aromatic rings. The Morgan fingerprint density at radius 3 is 2.19 bits per heavy atom. The van der Waals surface area contributed by atoms with Gasteiger partial charge in [0, 0.05) is 13.0 Å². The minimum atomic E-state index is -1.22. The van der Waals surface area contributed by atoms with Gasteiger partial charge in [0.25, 0.3) is 0 Å². The molecule has 1 heterocycles. The minimum absolute atomic E-state index is 0.106. The molecule has 0 radical (unpaired) electrons. The molecular weight excluding hydrogens is 472 g/mol. The van der Waals surface area contributed by atoms with Crippen molar-refractivity contribution >= 4 is 35.5 Å². The molecule has 0 aliphatic carbocycles. The van der Waals surface area contributed by atoms with Crippen LogP contribution in [0.2, 0.25) is 0 Å². The maximum atomic E-state index is 13.3. The molecule has 0 unspecified atom stereocenters. The Morgan fingerprint density at radius 1 is 1.03 bits per heavy atom. The zero-order valence-electron chi connectivity index (χ0n) is 21.4. The van der Waals surface area contributed by atoms with Crippen molar-refractivity contribution in [2.45, 2.75) is 84.0 Å². The average molecular weight is 513 g/mol. The minimum Gasteiger partial charge on any atom is -0.480 e. The van der Waals surface area contributed by atoms with Gasteiger partial charge in [0.05, 0.1) is 6.04 Å². The molecule has 8 N–H and O–H groups in total. The zero-order chi connectivity index (χ0) is 27.6. The number of carbonyl (C=O) groups excluding carboxylic acids is 5. The third-order valence-corrected chi connectivity index (χ3v) is 5.86. The number of primary amides is 1. The first-order valence-electron chi connectivity index (χ1n) is 12.2. The molecule has 1 aliphatic heterocycles. The van der Waals surface area contributed by atoms with Gasteiger partial charge < -0.3 is 37.4 Å². The predicted octanol–water partition coefficient (Wildman–Crippen LogP) is -1.56. The number of aliphatic carboxylic acids is 1. The molecule has 0 aromatic carbocycles. The molecule has 1 aliphatic rings. The van der Waals surface area contributed by atoms with Crippen molar-refractivity contribution in [2.75, 3.05) is 13.1 Å². The lowest BCUT2D eigenvalue weighted by atomic mass is 9.99. The predicted molar refractivity (Wildman–Crippen MR) is 130 cm³/mol. The standard InChI is InChI=1S/C23H40N6O7/c1-12(2)10-14(24)20(33)28-19(13(3)4)22(35)27-15(7-8-17(25)30)23(36)29-9-5-6-16(29)21(34)26-11-18(31)32/h12-16,19H,5-11,24H2,1-4H3,(H2,25,30)(H,26,34)(H,27,35)(H,28,33)(H,31,32)/t14-,15-,16-,19-/m0/s1. The fourth-order valence-corrected chi connectivity index (χ4v) is 4.00. The van der Waals surface area contributed by atoms with E-state index in [0.717, 1.165) is 0 Å².